The van der Waals surface area contributed by atoms with Crippen LogP contribution in [0.4, 0.5) is 0 Å². The summed E-state index contributed by atoms with van der Waals surface area (Å²) in [5, 5.41) is 12.4. The first kappa shape index (κ1) is 21.5. The van der Waals surface area contributed by atoms with Crippen molar-refractivity contribution in [1.29, 1.82) is 0 Å². The molecule has 6 nitrogen and oxygen atoms in total. The zero-order valence-electron chi connectivity index (χ0n) is 19.0. The molecule has 1 fully saturated rings. The Kier molecular flexibility index (Phi) is 5.79. The number of nitrogens with zero attached hydrogens (tertiary/aromatic N) is 2. The van der Waals surface area contributed by atoms with Crippen LogP contribution in [-0.2, 0) is 11.3 Å². The van der Waals surface area contributed by atoms with Crippen LogP contribution < -0.4 is 4.74 Å². The Balaban J connectivity index is 0.000000281. The molecule has 3 aromatic carbocycles. The number of fused-ring (bicyclic) bond motifs is 1. The topological polar surface area (TPSA) is 63.9 Å². The van der Waals surface area contributed by atoms with Crippen LogP contribution in [0.25, 0.3) is 21.7 Å². The summed E-state index contributed by atoms with van der Waals surface area (Å²) in [5.41, 5.74) is 3.34. The number of aromatic hydroxyl groups is 1. The van der Waals surface area contributed by atoms with Gasteiger partial charge in [-0.3, -0.25) is 4.79 Å². The molecule has 0 bridgehead atoms. The van der Waals surface area contributed by atoms with Gasteiger partial charge in [-0.15, -0.1) is 0 Å². The summed E-state index contributed by atoms with van der Waals surface area (Å²) in [6, 6.07) is 16.6. The van der Waals surface area contributed by atoms with Crippen LogP contribution in [0.5, 0.6) is 11.5 Å². The highest BCUT2D eigenvalue weighted by Crippen LogP contribution is 2.37. The molecule has 6 rings (SSSR count). The average molecular weight is 445 g/mol. The van der Waals surface area contributed by atoms with Gasteiger partial charge >= 0.3 is 0 Å². The number of rotatable bonds is 2. The summed E-state index contributed by atoms with van der Waals surface area (Å²) in [6.45, 7) is 7.38. The molecule has 0 atom stereocenters. The minimum absolute atomic E-state index is 0.00147. The Morgan fingerprint density at radius 3 is 2.48 bits per heavy atom. The van der Waals surface area contributed by atoms with Crippen molar-refractivity contribution in [2.45, 2.75) is 13.5 Å². The van der Waals surface area contributed by atoms with Gasteiger partial charge in [0.05, 0.1) is 30.8 Å². The van der Waals surface area contributed by atoms with Gasteiger partial charge in [0.25, 0.3) is 0 Å². The molecule has 0 amide bonds. The number of ketones is 1. The van der Waals surface area contributed by atoms with Crippen LogP contribution in [0.15, 0.2) is 54.6 Å². The number of likely N-dealkylation sites (N-methyl/N-ethyl adjacent to an activating group) is 1. The number of carbonyl (C=O) groups is 1. The fraction of sp³-hybridized carbons (Fsp3) is 0.296. The van der Waals surface area contributed by atoms with Crippen molar-refractivity contribution in [3.05, 3.63) is 71.4 Å². The Labute approximate surface area is 192 Å². The number of phenolic OH excluding ortho intramolecular Hbond substituents is 1. The number of carbonyl (C=O) groups excluding carboxylic acids is 1. The first-order chi connectivity index (χ1) is 16.0. The number of aromatic nitrogens is 1. The van der Waals surface area contributed by atoms with E-state index in [1.807, 2.05) is 43.3 Å². The van der Waals surface area contributed by atoms with Gasteiger partial charge in [0.15, 0.2) is 5.78 Å². The van der Waals surface area contributed by atoms with Gasteiger partial charge in [-0.25, -0.2) is 0 Å². The number of ether oxygens (including phenoxy) is 2. The second-order valence-electron chi connectivity index (χ2n) is 8.57. The van der Waals surface area contributed by atoms with E-state index in [2.05, 4.69) is 16.5 Å². The number of benzene rings is 3. The molecular weight excluding hydrogens is 416 g/mol. The Hall–Kier alpha value is -3.35. The van der Waals surface area contributed by atoms with Crippen molar-refractivity contribution in [2.24, 2.45) is 0 Å². The Morgan fingerprint density at radius 1 is 0.939 bits per heavy atom. The van der Waals surface area contributed by atoms with Crippen molar-refractivity contribution in [1.82, 2.24) is 9.47 Å². The summed E-state index contributed by atoms with van der Waals surface area (Å²) in [5.74, 6) is 1.03. The number of morpholine rings is 1. The molecule has 4 aromatic rings. The summed E-state index contributed by atoms with van der Waals surface area (Å²) < 4.78 is 13.0. The van der Waals surface area contributed by atoms with Crippen LogP contribution in [0.1, 0.15) is 21.6 Å². The second-order valence-corrected chi connectivity index (χ2v) is 8.57. The molecular formula is C27H28N2O4. The molecule has 1 aromatic heterocycles. The standard InChI is InChI=1S/C22H17NO3.C5H11NO/c1-13-20(18-6-3-7-19-21(18)23(13)10-11-26-19)22(25)17-5-2-4-14-12-15(24)8-9-16(14)17;1-6-2-4-7-5-3-6/h2-9,12,24H,10-11H2,1H3;2-5H2,1H3. The summed E-state index contributed by atoms with van der Waals surface area (Å²) in [4.78, 5) is 15.8. The minimum atomic E-state index is 0.00147. The average Bonchev–Trinajstić information content (AvgIpc) is 3.12. The van der Waals surface area contributed by atoms with E-state index in [0.29, 0.717) is 12.2 Å². The Bertz CT molecular complexity index is 1340. The smallest absolute Gasteiger partial charge is 0.196 e. The van der Waals surface area contributed by atoms with Gasteiger partial charge in [-0.1, -0.05) is 30.3 Å². The molecule has 170 valence electrons. The van der Waals surface area contributed by atoms with E-state index >= 15 is 0 Å². The molecule has 2 aliphatic rings. The number of hydrogen-bond acceptors (Lipinski definition) is 5. The Morgan fingerprint density at radius 2 is 1.73 bits per heavy atom. The zero-order chi connectivity index (χ0) is 22.9. The third kappa shape index (κ3) is 3.96. The minimum Gasteiger partial charge on any atom is -0.508 e. The van der Waals surface area contributed by atoms with Crippen LogP contribution in [-0.4, -0.2) is 60.3 Å². The molecule has 0 spiro atoms. The van der Waals surface area contributed by atoms with Gasteiger partial charge < -0.3 is 24.0 Å². The molecule has 33 heavy (non-hydrogen) atoms. The number of phenols is 1. The van der Waals surface area contributed by atoms with Crippen LogP contribution in [0.2, 0.25) is 0 Å². The highest BCUT2D eigenvalue weighted by molar-refractivity contribution is 6.22. The molecule has 0 unspecified atom stereocenters. The molecule has 6 heteroatoms. The zero-order valence-corrected chi connectivity index (χ0v) is 19.0. The normalized spacial score (nSPS) is 15.7. The van der Waals surface area contributed by atoms with Gasteiger partial charge in [-0.2, -0.15) is 0 Å². The summed E-state index contributed by atoms with van der Waals surface area (Å²) >= 11 is 0. The maximum Gasteiger partial charge on any atom is 0.196 e. The van der Waals surface area contributed by atoms with E-state index in [-0.39, 0.29) is 11.5 Å². The third-order valence-electron chi connectivity index (χ3n) is 6.45. The van der Waals surface area contributed by atoms with Crippen molar-refractivity contribution in [2.75, 3.05) is 40.0 Å². The molecule has 1 saturated heterocycles. The van der Waals surface area contributed by atoms with Crippen LogP contribution in [0.3, 0.4) is 0 Å². The second kappa shape index (κ2) is 8.89. The lowest BCUT2D eigenvalue weighted by Gasteiger charge is -2.21. The third-order valence-corrected chi connectivity index (χ3v) is 6.45. The van der Waals surface area contributed by atoms with Crippen molar-refractivity contribution < 1.29 is 19.4 Å². The van der Waals surface area contributed by atoms with Gasteiger partial charge in [0, 0.05) is 29.7 Å². The summed E-state index contributed by atoms with van der Waals surface area (Å²) in [7, 11) is 2.11. The lowest BCUT2D eigenvalue weighted by Crippen LogP contribution is -2.32. The van der Waals surface area contributed by atoms with Crippen LogP contribution >= 0.6 is 0 Å². The molecule has 0 aliphatic carbocycles. The highest BCUT2D eigenvalue weighted by atomic mass is 16.5. The maximum absolute atomic E-state index is 13.5. The van der Waals surface area contributed by atoms with E-state index in [9.17, 15) is 9.90 Å². The highest BCUT2D eigenvalue weighted by Gasteiger charge is 2.25. The van der Waals surface area contributed by atoms with Crippen molar-refractivity contribution >= 4 is 27.5 Å². The van der Waals surface area contributed by atoms with E-state index in [1.165, 1.54) is 0 Å². The molecule has 3 heterocycles. The van der Waals surface area contributed by atoms with Crippen molar-refractivity contribution in [3.63, 3.8) is 0 Å². The van der Waals surface area contributed by atoms with E-state index in [0.717, 1.165) is 71.5 Å². The van der Waals surface area contributed by atoms with E-state index in [4.69, 9.17) is 9.47 Å². The van der Waals surface area contributed by atoms with Crippen LogP contribution in [0, 0.1) is 6.92 Å². The van der Waals surface area contributed by atoms with Gasteiger partial charge in [-0.05, 0) is 49.0 Å². The largest absolute Gasteiger partial charge is 0.508 e. The van der Waals surface area contributed by atoms with Gasteiger partial charge in [0.1, 0.15) is 18.1 Å². The number of para-hydroxylation sites is 1. The first-order valence-corrected chi connectivity index (χ1v) is 11.3. The van der Waals surface area contributed by atoms with Crippen molar-refractivity contribution in [3.8, 4) is 11.5 Å². The SMILES string of the molecule is CN1CCOCC1.Cc1c(C(=O)c2cccc3cc(O)ccc23)c2cccc3c2n1CCO3. The van der Waals surface area contributed by atoms with Gasteiger partial charge in [0.2, 0.25) is 0 Å². The lowest BCUT2D eigenvalue weighted by atomic mass is 9.95. The molecule has 0 radical (unpaired) electrons. The predicted octanol–water partition coefficient (Wildman–Crippen LogP) is 4.38. The predicted molar refractivity (Wildman–Crippen MR) is 130 cm³/mol. The molecule has 1 N–H and O–H groups in total. The molecule has 2 aliphatic heterocycles. The van der Waals surface area contributed by atoms with E-state index < -0.39 is 0 Å². The summed E-state index contributed by atoms with van der Waals surface area (Å²) in [6.07, 6.45) is 0. The maximum atomic E-state index is 13.5. The fourth-order valence-electron chi connectivity index (χ4n) is 4.69. The fourth-order valence-corrected chi connectivity index (χ4v) is 4.69. The molecule has 0 saturated carbocycles. The monoisotopic (exact) mass is 444 g/mol. The lowest BCUT2D eigenvalue weighted by molar-refractivity contribution is 0.0503. The van der Waals surface area contributed by atoms with E-state index in [1.54, 1.807) is 18.2 Å². The quantitative estimate of drug-likeness (QED) is 0.465. The number of hydrogen-bond donors (Lipinski definition) is 1. The first-order valence-electron chi connectivity index (χ1n) is 11.3.